The summed E-state index contributed by atoms with van der Waals surface area (Å²) in [7, 11) is 1.73. The van der Waals surface area contributed by atoms with E-state index >= 15 is 0 Å². The predicted molar refractivity (Wildman–Crippen MR) is 120 cm³/mol. The first kappa shape index (κ1) is 22.0. The van der Waals surface area contributed by atoms with Crippen molar-refractivity contribution in [2.45, 2.75) is 25.4 Å². The number of carbonyl (C=O) groups is 2. The second-order valence-electron chi connectivity index (χ2n) is 7.47. The molecule has 3 rings (SSSR count). The van der Waals surface area contributed by atoms with Gasteiger partial charge in [-0.2, -0.15) is 0 Å². The van der Waals surface area contributed by atoms with Crippen molar-refractivity contribution in [2.24, 2.45) is 0 Å². The van der Waals surface area contributed by atoms with Crippen molar-refractivity contribution in [3.8, 4) is 0 Å². The number of rotatable bonds is 9. The van der Waals surface area contributed by atoms with Gasteiger partial charge in [-0.15, -0.1) is 0 Å². The lowest BCUT2D eigenvalue weighted by molar-refractivity contribution is -0.135. The molecule has 3 aromatic rings. The van der Waals surface area contributed by atoms with Crippen molar-refractivity contribution < 1.29 is 14.7 Å². The largest absolute Gasteiger partial charge is 0.465 e. The molecule has 1 N–H and O–H groups in total. The highest BCUT2D eigenvalue weighted by molar-refractivity contribution is 5.85. The van der Waals surface area contributed by atoms with Crippen LogP contribution in [0.4, 0.5) is 4.79 Å². The lowest BCUT2D eigenvalue weighted by atomic mass is 10.0. The molecular formula is C25H27N3O3. The summed E-state index contributed by atoms with van der Waals surface area (Å²) in [5.74, 6) is -0.212. The third kappa shape index (κ3) is 6.40. The quantitative estimate of drug-likeness (QED) is 0.574. The number of hydrogen-bond acceptors (Lipinski definition) is 3. The summed E-state index contributed by atoms with van der Waals surface area (Å²) in [6.07, 6.45) is 3.14. The highest BCUT2D eigenvalue weighted by Crippen LogP contribution is 2.16. The summed E-state index contributed by atoms with van der Waals surface area (Å²) in [6, 6.07) is 22.1. The van der Waals surface area contributed by atoms with Gasteiger partial charge in [0.1, 0.15) is 6.04 Å². The van der Waals surface area contributed by atoms with Gasteiger partial charge in [-0.05, 0) is 35.2 Å². The zero-order valence-electron chi connectivity index (χ0n) is 17.6. The number of hydrogen-bond donors (Lipinski definition) is 1. The molecule has 6 nitrogen and oxygen atoms in total. The fraction of sp³-hybridized carbons (Fsp3) is 0.240. The van der Waals surface area contributed by atoms with E-state index in [9.17, 15) is 14.7 Å². The minimum Gasteiger partial charge on any atom is -0.465 e. The van der Waals surface area contributed by atoms with Crippen LogP contribution >= 0.6 is 0 Å². The summed E-state index contributed by atoms with van der Waals surface area (Å²) in [5, 5.41) is 9.96. The van der Waals surface area contributed by atoms with Crippen LogP contribution < -0.4 is 0 Å². The van der Waals surface area contributed by atoms with Crippen LogP contribution in [-0.4, -0.2) is 51.5 Å². The van der Waals surface area contributed by atoms with E-state index in [-0.39, 0.29) is 12.5 Å². The second-order valence-corrected chi connectivity index (χ2v) is 7.47. The Morgan fingerprint density at radius 3 is 2.03 bits per heavy atom. The fourth-order valence-corrected chi connectivity index (χ4v) is 3.47. The lowest BCUT2D eigenvalue weighted by Crippen LogP contribution is -2.50. The molecule has 0 saturated heterocycles. The molecule has 0 fully saturated rings. The maximum Gasteiger partial charge on any atom is 0.408 e. The Bertz CT molecular complexity index is 965. The summed E-state index contributed by atoms with van der Waals surface area (Å²) in [5.41, 5.74) is 2.84. The number of likely N-dealkylation sites (N-methyl/N-ethyl adjacent to an activating group) is 1. The minimum atomic E-state index is -1.12. The first-order chi connectivity index (χ1) is 15.0. The molecule has 31 heavy (non-hydrogen) atoms. The van der Waals surface area contributed by atoms with Crippen molar-refractivity contribution in [3.63, 3.8) is 0 Å². The molecule has 160 valence electrons. The standard InChI is InChI=1S/C25H27N3O3/c1-27(17-14-20-8-4-2-5-9-20)24(29)23(18-21-10-6-3-7-11-21)28(25(30)31)19-22-12-15-26-16-13-22/h2-13,15-16,23H,14,17-19H2,1H3,(H,30,31)/t23-/m0/s1. The van der Waals surface area contributed by atoms with Crippen LogP contribution in [0.1, 0.15) is 16.7 Å². The van der Waals surface area contributed by atoms with Crippen LogP contribution in [-0.2, 0) is 24.2 Å². The molecule has 0 aliphatic carbocycles. The van der Waals surface area contributed by atoms with Gasteiger partial charge in [0.25, 0.3) is 0 Å². The Morgan fingerprint density at radius 2 is 1.45 bits per heavy atom. The molecular weight excluding hydrogens is 390 g/mol. The van der Waals surface area contributed by atoms with E-state index in [1.54, 1.807) is 36.5 Å². The lowest BCUT2D eigenvalue weighted by Gasteiger charge is -2.32. The smallest absolute Gasteiger partial charge is 0.408 e. The first-order valence-corrected chi connectivity index (χ1v) is 10.3. The average Bonchev–Trinajstić information content (AvgIpc) is 2.81. The normalized spacial score (nSPS) is 11.5. The van der Waals surface area contributed by atoms with Gasteiger partial charge in [-0.1, -0.05) is 60.7 Å². The molecule has 0 radical (unpaired) electrons. The van der Waals surface area contributed by atoms with Gasteiger partial charge >= 0.3 is 6.09 Å². The van der Waals surface area contributed by atoms with E-state index in [0.29, 0.717) is 19.4 Å². The molecule has 1 atom stereocenters. The summed E-state index contributed by atoms with van der Waals surface area (Å²) in [4.78, 5) is 32.4. The van der Waals surface area contributed by atoms with E-state index < -0.39 is 12.1 Å². The van der Waals surface area contributed by atoms with Gasteiger partial charge in [0.05, 0.1) is 0 Å². The molecule has 0 unspecified atom stereocenters. The zero-order valence-corrected chi connectivity index (χ0v) is 17.6. The Balaban J connectivity index is 1.81. The third-order valence-electron chi connectivity index (χ3n) is 5.24. The third-order valence-corrected chi connectivity index (χ3v) is 5.24. The number of pyridine rings is 1. The second kappa shape index (κ2) is 10.9. The van der Waals surface area contributed by atoms with Crippen molar-refractivity contribution in [2.75, 3.05) is 13.6 Å². The topological polar surface area (TPSA) is 73.7 Å². The van der Waals surface area contributed by atoms with Crippen LogP contribution in [0.15, 0.2) is 85.2 Å². The van der Waals surface area contributed by atoms with Crippen molar-refractivity contribution in [1.82, 2.24) is 14.8 Å². The summed E-state index contributed by atoms with van der Waals surface area (Å²) in [6.45, 7) is 0.629. The summed E-state index contributed by atoms with van der Waals surface area (Å²) >= 11 is 0. The Labute approximate surface area is 182 Å². The Hall–Kier alpha value is -3.67. The van der Waals surface area contributed by atoms with E-state index in [1.807, 2.05) is 60.7 Å². The molecule has 1 aromatic heterocycles. The van der Waals surface area contributed by atoms with Crippen LogP contribution in [0, 0.1) is 0 Å². The van der Waals surface area contributed by atoms with E-state index in [1.165, 1.54) is 4.90 Å². The van der Waals surface area contributed by atoms with Crippen LogP contribution in [0.5, 0.6) is 0 Å². The zero-order chi connectivity index (χ0) is 22.1. The number of benzene rings is 2. The minimum absolute atomic E-state index is 0.119. The molecule has 0 bridgehead atoms. The summed E-state index contributed by atoms with van der Waals surface area (Å²) < 4.78 is 0. The number of aromatic nitrogens is 1. The van der Waals surface area contributed by atoms with Crippen LogP contribution in [0.2, 0.25) is 0 Å². The van der Waals surface area contributed by atoms with Gasteiger partial charge in [0.15, 0.2) is 0 Å². The van der Waals surface area contributed by atoms with Crippen molar-refractivity contribution in [3.05, 3.63) is 102 Å². The maximum atomic E-state index is 13.4. The predicted octanol–water partition coefficient (Wildman–Crippen LogP) is 3.87. The molecule has 6 heteroatoms. The number of carbonyl (C=O) groups excluding carboxylic acids is 1. The van der Waals surface area contributed by atoms with Gasteiger partial charge in [-0.3, -0.25) is 14.7 Å². The Kier molecular flexibility index (Phi) is 7.76. The van der Waals surface area contributed by atoms with Gasteiger partial charge in [-0.25, -0.2) is 4.79 Å². The van der Waals surface area contributed by atoms with E-state index in [0.717, 1.165) is 16.7 Å². The number of carboxylic acid groups (broad SMARTS) is 1. The SMILES string of the molecule is CN(CCc1ccccc1)C(=O)[C@H](Cc1ccccc1)N(Cc1ccncc1)C(=O)O. The molecule has 0 aliphatic heterocycles. The average molecular weight is 418 g/mol. The number of amides is 2. The fourth-order valence-electron chi connectivity index (χ4n) is 3.47. The number of nitrogens with zero attached hydrogens (tertiary/aromatic N) is 3. The monoisotopic (exact) mass is 417 g/mol. The van der Waals surface area contributed by atoms with Gasteiger partial charge < -0.3 is 10.0 Å². The Morgan fingerprint density at radius 1 is 0.871 bits per heavy atom. The molecule has 1 heterocycles. The van der Waals surface area contributed by atoms with Crippen molar-refractivity contribution in [1.29, 1.82) is 0 Å². The van der Waals surface area contributed by atoms with E-state index in [2.05, 4.69) is 4.98 Å². The highest BCUT2D eigenvalue weighted by Gasteiger charge is 2.32. The molecule has 0 saturated carbocycles. The molecule has 0 aliphatic rings. The molecule has 2 amide bonds. The van der Waals surface area contributed by atoms with Crippen LogP contribution in [0.25, 0.3) is 0 Å². The molecule has 0 spiro atoms. The van der Waals surface area contributed by atoms with Crippen molar-refractivity contribution >= 4 is 12.0 Å². The molecule has 2 aromatic carbocycles. The first-order valence-electron chi connectivity index (χ1n) is 10.3. The maximum absolute atomic E-state index is 13.4. The van der Waals surface area contributed by atoms with Gasteiger partial charge in [0.2, 0.25) is 5.91 Å². The van der Waals surface area contributed by atoms with Gasteiger partial charge in [0, 0.05) is 39.0 Å². The van der Waals surface area contributed by atoms with Crippen LogP contribution in [0.3, 0.4) is 0 Å². The highest BCUT2D eigenvalue weighted by atomic mass is 16.4. The van der Waals surface area contributed by atoms with E-state index in [4.69, 9.17) is 0 Å².